The van der Waals surface area contributed by atoms with E-state index in [0.29, 0.717) is 12.5 Å². The van der Waals surface area contributed by atoms with Crippen LogP contribution in [-0.4, -0.2) is 24.5 Å². The first-order valence-corrected chi connectivity index (χ1v) is 8.33. The summed E-state index contributed by atoms with van der Waals surface area (Å²) in [5.41, 5.74) is 1.37. The van der Waals surface area contributed by atoms with Gasteiger partial charge in [0, 0.05) is 24.7 Å². The smallest absolute Gasteiger partial charge is 0.191 e. The van der Waals surface area contributed by atoms with E-state index in [0.717, 1.165) is 17.5 Å². The molecule has 2 rings (SSSR count). The number of aliphatic imine (C=N–C) groups is 1. The third-order valence-electron chi connectivity index (χ3n) is 2.99. The summed E-state index contributed by atoms with van der Waals surface area (Å²) in [6.07, 6.45) is 1.90. The molecule has 0 fully saturated rings. The maximum Gasteiger partial charge on any atom is 0.191 e. The highest BCUT2D eigenvalue weighted by atomic mass is 32.1. The van der Waals surface area contributed by atoms with Crippen molar-refractivity contribution in [2.45, 2.75) is 26.3 Å². The van der Waals surface area contributed by atoms with Crippen LogP contribution in [-0.2, 0) is 6.54 Å². The van der Waals surface area contributed by atoms with Crippen molar-refractivity contribution in [2.24, 2.45) is 4.99 Å². The quantitative estimate of drug-likeness (QED) is 0.659. The molecule has 2 aromatic rings. The monoisotopic (exact) mass is 308 g/mol. The molecule has 0 radical (unpaired) electrons. The fourth-order valence-corrected chi connectivity index (χ4v) is 3.30. The van der Waals surface area contributed by atoms with Crippen molar-refractivity contribution >= 4 is 28.6 Å². The lowest BCUT2D eigenvalue weighted by molar-refractivity contribution is 0.700. The molecule has 20 heavy (non-hydrogen) atoms. The zero-order valence-corrected chi connectivity index (χ0v) is 13.6. The van der Waals surface area contributed by atoms with Gasteiger partial charge in [-0.15, -0.1) is 11.3 Å². The van der Waals surface area contributed by atoms with E-state index in [1.165, 1.54) is 10.4 Å². The maximum absolute atomic E-state index is 4.33. The lowest BCUT2D eigenvalue weighted by Crippen LogP contribution is -2.38. The standard InChI is InChI=1S/C14H20N4S2/c1-10(12-4-5-19-9-12)6-17-14(15-3)18-8-13-16-7-11(2)20-13/h4-5,7,9-10H,6,8H2,1-3H3,(H2,15,17,18). The Balaban J connectivity index is 1.78. The van der Waals surface area contributed by atoms with Crippen LogP contribution in [0.5, 0.6) is 0 Å². The first kappa shape index (κ1) is 15.0. The maximum atomic E-state index is 4.33. The predicted molar refractivity (Wildman–Crippen MR) is 87.8 cm³/mol. The van der Waals surface area contributed by atoms with Crippen LogP contribution in [0.4, 0.5) is 0 Å². The molecule has 4 nitrogen and oxygen atoms in total. The first-order chi connectivity index (χ1) is 9.69. The lowest BCUT2D eigenvalue weighted by Gasteiger charge is -2.14. The zero-order valence-electron chi connectivity index (χ0n) is 12.0. The van der Waals surface area contributed by atoms with Gasteiger partial charge in [-0.25, -0.2) is 4.98 Å². The van der Waals surface area contributed by atoms with Crippen LogP contribution in [0.3, 0.4) is 0 Å². The molecular formula is C14H20N4S2. The van der Waals surface area contributed by atoms with Crippen LogP contribution in [0.1, 0.15) is 28.3 Å². The van der Waals surface area contributed by atoms with E-state index in [2.05, 4.69) is 51.3 Å². The highest BCUT2D eigenvalue weighted by Crippen LogP contribution is 2.17. The molecule has 0 aliphatic carbocycles. The van der Waals surface area contributed by atoms with E-state index in [4.69, 9.17) is 0 Å². The number of rotatable bonds is 5. The molecule has 1 unspecified atom stereocenters. The number of thiophene rings is 1. The number of aromatic nitrogens is 1. The summed E-state index contributed by atoms with van der Waals surface area (Å²) >= 11 is 3.44. The highest BCUT2D eigenvalue weighted by Gasteiger charge is 2.07. The molecule has 0 aromatic carbocycles. The molecule has 0 spiro atoms. The largest absolute Gasteiger partial charge is 0.356 e. The Morgan fingerprint density at radius 2 is 2.30 bits per heavy atom. The van der Waals surface area contributed by atoms with Gasteiger partial charge in [0.05, 0.1) is 6.54 Å². The van der Waals surface area contributed by atoms with E-state index in [1.807, 2.05) is 6.20 Å². The van der Waals surface area contributed by atoms with Gasteiger partial charge in [0.25, 0.3) is 0 Å². The Hall–Kier alpha value is -1.40. The van der Waals surface area contributed by atoms with Crippen molar-refractivity contribution in [3.05, 3.63) is 38.5 Å². The van der Waals surface area contributed by atoms with Gasteiger partial charge in [0.1, 0.15) is 5.01 Å². The topological polar surface area (TPSA) is 49.3 Å². The molecule has 2 aromatic heterocycles. The van der Waals surface area contributed by atoms with E-state index < -0.39 is 0 Å². The van der Waals surface area contributed by atoms with Gasteiger partial charge >= 0.3 is 0 Å². The van der Waals surface area contributed by atoms with Crippen LogP contribution in [0, 0.1) is 6.92 Å². The Morgan fingerprint density at radius 1 is 1.45 bits per heavy atom. The van der Waals surface area contributed by atoms with Crippen LogP contribution < -0.4 is 10.6 Å². The summed E-state index contributed by atoms with van der Waals surface area (Å²) in [6.45, 7) is 5.86. The summed E-state index contributed by atoms with van der Waals surface area (Å²) < 4.78 is 0. The average Bonchev–Trinajstić information content (AvgIpc) is 3.10. The van der Waals surface area contributed by atoms with Crippen LogP contribution in [0.15, 0.2) is 28.0 Å². The highest BCUT2D eigenvalue weighted by molar-refractivity contribution is 7.11. The molecule has 0 saturated heterocycles. The van der Waals surface area contributed by atoms with Crippen LogP contribution >= 0.6 is 22.7 Å². The second-order valence-electron chi connectivity index (χ2n) is 4.63. The Bertz CT molecular complexity index is 545. The third kappa shape index (κ3) is 4.31. The molecule has 2 N–H and O–H groups in total. The van der Waals surface area contributed by atoms with Gasteiger partial charge in [-0.05, 0) is 35.2 Å². The number of nitrogens with one attached hydrogen (secondary N) is 2. The molecule has 2 heterocycles. The van der Waals surface area contributed by atoms with Gasteiger partial charge < -0.3 is 10.6 Å². The minimum atomic E-state index is 0.474. The molecule has 6 heteroatoms. The minimum Gasteiger partial charge on any atom is -0.356 e. The normalized spacial score (nSPS) is 13.2. The fourth-order valence-electron chi connectivity index (χ4n) is 1.79. The van der Waals surface area contributed by atoms with Gasteiger partial charge in [0.2, 0.25) is 0 Å². The summed E-state index contributed by atoms with van der Waals surface area (Å²) in [7, 11) is 1.79. The molecular weight excluding hydrogens is 288 g/mol. The molecule has 0 aliphatic rings. The number of nitrogens with zero attached hydrogens (tertiary/aromatic N) is 2. The van der Waals surface area contributed by atoms with Crippen molar-refractivity contribution in [1.82, 2.24) is 15.6 Å². The second kappa shape index (κ2) is 7.40. The van der Waals surface area contributed by atoms with Crippen LogP contribution in [0.25, 0.3) is 0 Å². The van der Waals surface area contributed by atoms with E-state index in [-0.39, 0.29) is 0 Å². The lowest BCUT2D eigenvalue weighted by atomic mass is 10.1. The van der Waals surface area contributed by atoms with Crippen molar-refractivity contribution in [3.63, 3.8) is 0 Å². The van der Waals surface area contributed by atoms with Crippen molar-refractivity contribution in [2.75, 3.05) is 13.6 Å². The molecule has 0 aliphatic heterocycles. The third-order valence-corrected chi connectivity index (χ3v) is 4.60. The molecule has 0 amide bonds. The number of thiazole rings is 1. The number of hydrogen-bond donors (Lipinski definition) is 2. The molecule has 0 bridgehead atoms. The fraction of sp³-hybridized carbons (Fsp3) is 0.429. The molecule has 0 saturated carbocycles. The summed E-state index contributed by atoms with van der Waals surface area (Å²) in [5.74, 6) is 1.29. The van der Waals surface area contributed by atoms with Gasteiger partial charge in [-0.2, -0.15) is 11.3 Å². The Morgan fingerprint density at radius 3 is 2.90 bits per heavy atom. The number of guanidine groups is 1. The SMILES string of the molecule is CN=C(NCc1ncc(C)s1)NCC(C)c1ccsc1. The van der Waals surface area contributed by atoms with Crippen molar-refractivity contribution < 1.29 is 0 Å². The summed E-state index contributed by atoms with van der Waals surface area (Å²) in [6, 6.07) is 2.17. The minimum absolute atomic E-state index is 0.474. The van der Waals surface area contributed by atoms with Gasteiger partial charge in [0.15, 0.2) is 5.96 Å². The number of hydrogen-bond acceptors (Lipinski definition) is 4. The first-order valence-electron chi connectivity index (χ1n) is 6.57. The van der Waals surface area contributed by atoms with E-state index in [9.17, 15) is 0 Å². The van der Waals surface area contributed by atoms with Crippen molar-refractivity contribution in [3.8, 4) is 0 Å². The van der Waals surface area contributed by atoms with E-state index >= 15 is 0 Å². The van der Waals surface area contributed by atoms with Gasteiger partial charge in [-0.1, -0.05) is 6.92 Å². The number of aryl methyl sites for hydroxylation is 1. The predicted octanol–water partition coefficient (Wildman–Crippen LogP) is 2.98. The van der Waals surface area contributed by atoms with Crippen LogP contribution in [0.2, 0.25) is 0 Å². The molecule has 1 atom stereocenters. The van der Waals surface area contributed by atoms with Gasteiger partial charge in [-0.3, -0.25) is 4.99 Å². The summed E-state index contributed by atoms with van der Waals surface area (Å²) in [4.78, 5) is 9.80. The molecule has 108 valence electrons. The Kier molecular flexibility index (Phi) is 5.55. The van der Waals surface area contributed by atoms with Crippen molar-refractivity contribution in [1.29, 1.82) is 0 Å². The second-order valence-corrected chi connectivity index (χ2v) is 6.73. The zero-order chi connectivity index (χ0) is 14.4. The van der Waals surface area contributed by atoms with E-state index in [1.54, 1.807) is 29.7 Å². The Labute approximate surface area is 128 Å². The summed E-state index contributed by atoms with van der Waals surface area (Å²) in [5, 5.41) is 12.0. The average molecular weight is 308 g/mol.